The topological polar surface area (TPSA) is 46.5 Å². The summed E-state index contributed by atoms with van der Waals surface area (Å²) < 4.78 is 79.1. The van der Waals surface area contributed by atoms with Gasteiger partial charge in [-0.15, -0.1) is 0 Å². The number of carbonyl (C=O) groups is 1. The molecule has 20 heavy (non-hydrogen) atoms. The predicted octanol–water partition coefficient (Wildman–Crippen LogP) is 3.73. The van der Waals surface area contributed by atoms with Crippen LogP contribution in [0.25, 0.3) is 0 Å². The van der Waals surface area contributed by atoms with E-state index in [1.54, 1.807) is 0 Å². The first kappa shape index (κ1) is 16.1. The van der Waals surface area contributed by atoms with Gasteiger partial charge in [-0.25, -0.2) is 4.79 Å². The maximum atomic E-state index is 12.7. The summed E-state index contributed by atoms with van der Waals surface area (Å²) in [6.45, 7) is 0.547. The first-order valence-corrected chi connectivity index (χ1v) is 5.11. The molecular formula is C11H8F6O3. The monoisotopic (exact) mass is 302 g/mol. The second kappa shape index (κ2) is 5.22. The minimum absolute atomic E-state index is 0.223. The third kappa shape index (κ3) is 3.78. The zero-order valence-corrected chi connectivity index (χ0v) is 9.84. The molecule has 0 aliphatic heterocycles. The molecule has 9 heteroatoms. The van der Waals surface area contributed by atoms with Crippen LogP contribution < -0.4 is 4.74 Å². The Hall–Kier alpha value is -1.93. The van der Waals surface area contributed by atoms with E-state index >= 15 is 0 Å². The fraction of sp³-hybridized carbons (Fsp3) is 0.364. The maximum Gasteiger partial charge on any atom is 0.425 e. The van der Waals surface area contributed by atoms with Gasteiger partial charge in [-0.05, 0) is 25.1 Å². The highest BCUT2D eigenvalue weighted by Crippen LogP contribution is 2.38. The van der Waals surface area contributed by atoms with Crippen molar-refractivity contribution in [1.29, 1.82) is 0 Å². The van der Waals surface area contributed by atoms with E-state index in [1.165, 1.54) is 0 Å². The molecule has 0 aromatic heterocycles. The van der Waals surface area contributed by atoms with Crippen molar-refractivity contribution in [2.24, 2.45) is 0 Å². The summed E-state index contributed by atoms with van der Waals surface area (Å²) >= 11 is 0. The Labute approximate surface area is 108 Å². The molecule has 0 fully saturated rings. The number of alkyl halides is 6. The molecule has 1 N–H and O–H groups in total. The third-order valence-corrected chi connectivity index (χ3v) is 2.30. The van der Waals surface area contributed by atoms with Gasteiger partial charge in [-0.2, -0.15) is 26.3 Å². The largest absolute Gasteiger partial charge is 0.481 e. The molecule has 1 aromatic rings. The third-order valence-electron chi connectivity index (χ3n) is 2.30. The number of rotatable bonds is 3. The molecule has 0 aliphatic rings. The van der Waals surface area contributed by atoms with Crippen molar-refractivity contribution in [1.82, 2.24) is 0 Å². The zero-order chi connectivity index (χ0) is 15.7. The van der Waals surface area contributed by atoms with E-state index in [1.807, 2.05) is 0 Å². The van der Waals surface area contributed by atoms with Crippen molar-refractivity contribution in [3.63, 3.8) is 0 Å². The van der Waals surface area contributed by atoms with E-state index in [0.717, 1.165) is 6.07 Å². The van der Waals surface area contributed by atoms with Crippen molar-refractivity contribution >= 4 is 5.97 Å². The van der Waals surface area contributed by atoms with Gasteiger partial charge in [-0.1, -0.05) is 0 Å². The molecule has 0 saturated heterocycles. The SMILES string of the molecule is C[C@H](Oc1ccc(C(=O)O)cc1C(F)(F)F)C(F)(F)F. The average Bonchev–Trinajstić information content (AvgIpc) is 2.26. The standard InChI is InChI=1S/C11H8F6O3/c1-5(10(12,13)14)20-8-3-2-6(9(18)19)4-7(8)11(15,16)17/h2-5H,1H3,(H,18,19)/t5-/m0/s1. The lowest BCUT2D eigenvalue weighted by Gasteiger charge is -2.20. The molecule has 0 heterocycles. The second-order valence-corrected chi connectivity index (χ2v) is 3.82. The van der Waals surface area contributed by atoms with Crippen LogP contribution in [0.15, 0.2) is 18.2 Å². The molecule has 0 amide bonds. The van der Waals surface area contributed by atoms with E-state index in [2.05, 4.69) is 4.74 Å². The van der Waals surface area contributed by atoms with Gasteiger partial charge in [0.15, 0.2) is 6.10 Å². The van der Waals surface area contributed by atoms with Crippen molar-refractivity contribution in [2.45, 2.75) is 25.4 Å². The number of benzene rings is 1. The highest BCUT2D eigenvalue weighted by molar-refractivity contribution is 5.88. The smallest absolute Gasteiger partial charge is 0.425 e. The van der Waals surface area contributed by atoms with E-state index in [9.17, 15) is 31.1 Å². The Morgan fingerprint density at radius 2 is 1.75 bits per heavy atom. The fourth-order valence-electron chi connectivity index (χ4n) is 1.24. The number of ether oxygens (including phenoxy) is 1. The molecule has 0 spiro atoms. The van der Waals surface area contributed by atoms with Gasteiger partial charge in [0.1, 0.15) is 5.75 Å². The van der Waals surface area contributed by atoms with Crippen LogP contribution in [-0.2, 0) is 6.18 Å². The molecule has 112 valence electrons. The van der Waals surface area contributed by atoms with Crippen LogP contribution >= 0.6 is 0 Å². The van der Waals surface area contributed by atoms with Crippen molar-refractivity contribution < 1.29 is 41.0 Å². The fourth-order valence-corrected chi connectivity index (χ4v) is 1.24. The summed E-state index contributed by atoms with van der Waals surface area (Å²) in [6.07, 6.45) is -12.3. The van der Waals surface area contributed by atoms with Gasteiger partial charge in [0.05, 0.1) is 11.1 Å². The van der Waals surface area contributed by atoms with Gasteiger partial charge >= 0.3 is 18.3 Å². The molecule has 0 radical (unpaired) electrons. The molecule has 1 atom stereocenters. The van der Waals surface area contributed by atoms with Crippen LogP contribution in [0.4, 0.5) is 26.3 Å². The molecule has 0 unspecified atom stereocenters. The minimum atomic E-state index is -5.04. The number of hydrogen-bond donors (Lipinski definition) is 1. The Kier molecular flexibility index (Phi) is 4.21. The van der Waals surface area contributed by atoms with E-state index < -0.39 is 41.3 Å². The summed E-state index contributed by atoms with van der Waals surface area (Å²) in [6, 6.07) is 1.51. The normalized spacial score (nSPS) is 13.9. The van der Waals surface area contributed by atoms with Gasteiger partial charge in [0.2, 0.25) is 0 Å². The van der Waals surface area contributed by atoms with Crippen LogP contribution in [0.1, 0.15) is 22.8 Å². The number of carboxylic acids is 1. The predicted molar refractivity (Wildman–Crippen MR) is 54.5 cm³/mol. The Morgan fingerprint density at radius 3 is 2.15 bits per heavy atom. The van der Waals surface area contributed by atoms with Crippen LogP contribution in [0.5, 0.6) is 5.75 Å². The summed E-state index contributed by atoms with van der Waals surface area (Å²) in [5, 5.41) is 8.59. The quantitative estimate of drug-likeness (QED) is 0.865. The number of halogens is 6. The molecular weight excluding hydrogens is 294 g/mol. The number of hydrogen-bond acceptors (Lipinski definition) is 2. The van der Waals surface area contributed by atoms with Gasteiger partial charge in [0, 0.05) is 0 Å². The van der Waals surface area contributed by atoms with Crippen LogP contribution in [-0.4, -0.2) is 23.4 Å². The molecule has 1 aromatic carbocycles. The molecule has 0 bridgehead atoms. The number of carboxylic acid groups (broad SMARTS) is 1. The van der Waals surface area contributed by atoms with E-state index in [-0.39, 0.29) is 6.07 Å². The van der Waals surface area contributed by atoms with Crippen LogP contribution in [0.2, 0.25) is 0 Å². The van der Waals surface area contributed by atoms with Gasteiger partial charge < -0.3 is 9.84 Å². The average molecular weight is 302 g/mol. The maximum absolute atomic E-state index is 12.7. The second-order valence-electron chi connectivity index (χ2n) is 3.82. The highest BCUT2D eigenvalue weighted by Gasteiger charge is 2.41. The molecule has 0 aliphatic carbocycles. The summed E-state index contributed by atoms with van der Waals surface area (Å²) in [7, 11) is 0. The Bertz CT molecular complexity index is 506. The summed E-state index contributed by atoms with van der Waals surface area (Å²) in [5.41, 5.74) is -2.28. The minimum Gasteiger partial charge on any atom is -0.481 e. The van der Waals surface area contributed by atoms with Crippen molar-refractivity contribution in [3.8, 4) is 5.75 Å². The summed E-state index contributed by atoms with van der Waals surface area (Å²) in [5.74, 6) is -2.71. The lowest BCUT2D eigenvalue weighted by Crippen LogP contribution is -2.32. The van der Waals surface area contributed by atoms with Crippen LogP contribution in [0, 0.1) is 0 Å². The summed E-state index contributed by atoms with van der Waals surface area (Å²) in [4.78, 5) is 10.6. The molecule has 1 rings (SSSR count). The van der Waals surface area contributed by atoms with Gasteiger partial charge in [0.25, 0.3) is 0 Å². The van der Waals surface area contributed by atoms with Crippen molar-refractivity contribution in [2.75, 3.05) is 0 Å². The zero-order valence-electron chi connectivity index (χ0n) is 9.84. The van der Waals surface area contributed by atoms with Crippen LogP contribution in [0.3, 0.4) is 0 Å². The Balaban J connectivity index is 3.23. The van der Waals surface area contributed by atoms with Crippen molar-refractivity contribution in [3.05, 3.63) is 29.3 Å². The van der Waals surface area contributed by atoms with E-state index in [4.69, 9.17) is 5.11 Å². The van der Waals surface area contributed by atoms with Gasteiger partial charge in [-0.3, -0.25) is 0 Å². The molecule has 0 saturated carbocycles. The highest BCUT2D eigenvalue weighted by atomic mass is 19.4. The Morgan fingerprint density at radius 1 is 1.20 bits per heavy atom. The van der Waals surface area contributed by atoms with E-state index in [0.29, 0.717) is 13.0 Å². The lowest BCUT2D eigenvalue weighted by atomic mass is 10.1. The first-order chi connectivity index (χ1) is 8.93. The number of aromatic carboxylic acids is 1. The molecule has 3 nitrogen and oxygen atoms in total. The first-order valence-electron chi connectivity index (χ1n) is 5.11. The lowest BCUT2D eigenvalue weighted by molar-refractivity contribution is -0.191.